The van der Waals surface area contributed by atoms with Crippen molar-refractivity contribution in [2.24, 2.45) is 7.05 Å². The number of hydrogen-bond acceptors (Lipinski definition) is 0. The summed E-state index contributed by atoms with van der Waals surface area (Å²) < 4.78 is 2.35. The maximum Gasteiger partial charge on any atom is 0.0495 e. The summed E-state index contributed by atoms with van der Waals surface area (Å²) in [6.07, 6.45) is 9.17. The summed E-state index contributed by atoms with van der Waals surface area (Å²) in [5.74, 6) is 0.843. The topological polar surface area (TPSA) is 4.93 Å². The monoisotopic (exact) mass is 307 g/mol. The Morgan fingerprint density at radius 2 is 1.33 bits per heavy atom. The highest BCUT2D eigenvalue weighted by molar-refractivity contribution is 6.23. The first-order valence-corrected chi connectivity index (χ1v) is 8.62. The fourth-order valence-corrected chi connectivity index (χ4v) is 4.93. The molecule has 0 radical (unpaired) electrons. The van der Waals surface area contributed by atoms with Crippen molar-refractivity contribution in [2.75, 3.05) is 0 Å². The molecule has 114 valence electrons. The standard InChI is InChI=1S/C23H17N/c1-24-19-11-5-10-18-16-8-3-2-7-15(16)17-9-4-6-14-12-13-20(24)23(21(14)17)22(18)19/h2-13,15-16H,1H3. The molecule has 0 saturated carbocycles. The van der Waals surface area contributed by atoms with Crippen molar-refractivity contribution in [1.82, 2.24) is 4.57 Å². The van der Waals surface area contributed by atoms with Crippen molar-refractivity contribution < 1.29 is 0 Å². The van der Waals surface area contributed by atoms with Gasteiger partial charge in [0, 0.05) is 40.7 Å². The molecule has 3 aromatic carbocycles. The van der Waals surface area contributed by atoms with Crippen LogP contribution in [0.1, 0.15) is 23.0 Å². The van der Waals surface area contributed by atoms with Crippen LogP contribution in [-0.4, -0.2) is 4.57 Å². The molecule has 0 spiro atoms. The quantitative estimate of drug-likeness (QED) is 0.387. The Bertz CT molecular complexity index is 1220. The molecular weight excluding hydrogens is 290 g/mol. The van der Waals surface area contributed by atoms with Crippen molar-refractivity contribution in [2.45, 2.75) is 11.8 Å². The molecule has 2 unspecified atom stereocenters. The highest BCUT2D eigenvalue weighted by Crippen LogP contribution is 2.49. The van der Waals surface area contributed by atoms with Crippen LogP contribution in [0.15, 0.2) is 72.8 Å². The molecule has 2 aliphatic rings. The van der Waals surface area contributed by atoms with E-state index >= 15 is 0 Å². The molecule has 6 rings (SSSR count). The van der Waals surface area contributed by atoms with Crippen molar-refractivity contribution >= 4 is 32.6 Å². The van der Waals surface area contributed by atoms with Crippen LogP contribution in [0, 0.1) is 0 Å². The summed E-state index contributed by atoms with van der Waals surface area (Å²) in [7, 11) is 2.19. The van der Waals surface area contributed by atoms with Gasteiger partial charge in [-0.05, 0) is 34.0 Å². The molecule has 1 heteroatoms. The molecule has 0 amide bonds. The zero-order valence-electron chi connectivity index (χ0n) is 13.5. The van der Waals surface area contributed by atoms with Gasteiger partial charge in [0.15, 0.2) is 0 Å². The Balaban J connectivity index is 2.00. The lowest BCUT2D eigenvalue weighted by atomic mass is 9.78. The molecule has 2 aliphatic carbocycles. The lowest BCUT2D eigenvalue weighted by molar-refractivity contribution is 0.742. The Kier molecular flexibility index (Phi) is 2.20. The average molecular weight is 307 g/mol. The first-order chi connectivity index (χ1) is 11.8. The van der Waals surface area contributed by atoms with E-state index in [9.17, 15) is 0 Å². The molecule has 0 bridgehead atoms. The van der Waals surface area contributed by atoms with E-state index in [0.29, 0.717) is 11.8 Å². The SMILES string of the molecule is Cn1c2cccc3c2c2c4c(cccc4ccc21)C1C=CC=CC31. The van der Waals surface area contributed by atoms with Crippen LogP contribution >= 0.6 is 0 Å². The van der Waals surface area contributed by atoms with Crippen LogP contribution < -0.4 is 0 Å². The number of hydrogen-bond donors (Lipinski definition) is 0. The number of rotatable bonds is 0. The molecule has 1 heterocycles. The van der Waals surface area contributed by atoms with Crippen LogP contribution in [0.2, 0.25) is 0 Å². The number of aryl methyl sites for hydroxylation is 1. The van der Waals surface area contributed by atoms with Crippen molar-refractivity contribution in [3.05, 3.63) is 84.0 Å². The zero-order valence-corrected chi connectivity index (χ0v) is 13.5. The van der Waals surface area contributed by atoms with Gasteiger partial charge in [-0.25, -0.2) is 0 Å². The van der Waals surface area contributed by atoms with Crippen molar-refractivity contribution in [3.8, 4) is 0 Å². The highest BCUT2D eigenvalue weighted by atomic mass is 14.9. The number of allylic oxidation sites excluding steroid dienone is 4. The normalized spacial score (nSPS) is 21.2. The highest BCUT2D eigenvalue weighted by Gasteiger charge is 2.30. The van der Waals surface area contributed by atoms with Gasteiger partial charge in [0.2, 0.25) is 0 Å². The second-order valence-corrected chi connectivity index (χ2v) is 7.03. The summed E-state index contributed by atoms with van der Waals surface area (Å²) in [6.45, 7) is 0. The molecular formula is C23H17N. The van der Waals surface area contributed by atoms with E-state index in [4.69, 9.17) is 0 Å². The molecule has 1 nitrogen and oxygen atoms in total. The number of aromatic nitrogens is 1. The van der Waals surface area contributed by atoms with E-state index in [0.717, 1.165) is 0 Å². The minimum atomic E-state index is 0.419. The van der Waals surface area contributed by atoms with Gasteiger partial charge in [-0.2, -0.15) is 0 Å². The average Bonchev–Trinajstić information content (AvgIpc) is 2.86. The number of benzene rings is 3. The van der Waals surface area contributed by atoms with Gasteiger partial charge in [-0.15, -0.1) is 0 Å². The third kappa shape index (κ3) is 1.33. The van der Waals surface area contributed by atoms with Gasteiger partial charge in [0.25, 0.3) is 0 Å². The van der Waals surface area contributed by atoms with Gasteiger partial charge in [0.1, 0.15) is 0 Å². The van der Waals surface area contributed by atoms with E-state index in [2.05, 4.69) is 84.4 Å². The Hall–Kier alpha value is -2.80. The van der Waals surface area contributed by atoms with Crippen LogP contribution in [-0.2, 0) is 7.05 Å². The van der Waals surface area contributed by atoms with Gasteiger partial charge in [-0.3, -0.25) is 0 Å². The summed E-state index contributed by atoms with van der Waals surface area (Å²) in [4.78, 5) is 0. The van der Waals surface area contributed by atoms with Gasteiger partial charge < -0.3 is 4.57 Å². The summed E-state index contributed by atoms with van der Waals surface area (Å²) in [5, 5.41) is 5.68. The minimum absolute atomic E-state index is 0.419. The third-order valence-electron chi connectivity index (χ3n) is 5.96. The van der Waals surface area contributed by atoms with E-state index in [1.54, 1.807) is 0 Å². The van der Waals surface area contributed by atoms with Gasteiger partial charge >= 0.3 is 0 Å². The molecule has 0 aliphatic heterocycles. The molecule has 2 atom stereocenters. The second-order valence-electron chi connectivity index (χ2n) is 7.03. The lowest BCUT2D eigenvalue weighted by Gasteiger charge is -2.25. The maximum absolute atomic E-state index is 2.38. The van der Waals surface area contributed by atoms with Crippen LogP contribution in [0.4, 0.5) is 0 Å². The summed E-state index contributed by atoms with van der Waals surface area (Å²) in [5.41, 5.74) is 5.61. The zero-order chi connectivity index (χ0) is 15.8. The summed E-state index contributed by atoms with van der Waals surface area (Å²) in [6, 6.07) is 18.2. The second kappa shape index (κ2) is 4.18. The van der Waals surface area contributed by atoms with E-state index in [-0.39, 0.29) is 0 Å². The first-order valence-electron chi connectivity index (χ1n) is 8.62. The van der Waals surface area contributed by atoms with Crippen molar-refractivity contribution in [1.29, 1.82) is 0 Å². The van der Waals surface area contributed by atoms with Gasteiger partial charge in [0.05, 0.1) is 0 Å². The van der Waals surface area contributed by atoms with E-state index < -0.39 is 0 Å². The van der Waals surface area contributed by atoms with Crippen LogP contribution in [0.3, 0.4) is 0 Å². The predicted octanol–water partition coefficient (Wildman–Crippen LogP) is 5.79. The minimum Gasteiger partial charge on any atom is -0.344 e. The maximum atomic E-state index is 2.38. The number of fused-ring (bicyclic) bond motifs is 3. The Morgan fingerprint density at radius 1 is 0.667 bits per heavy atom. The van der Waals surface area contributed by atoms with Crippen LogP contribution in [0.25, 0.3) is 32.6 Å². The van der Waals surface area contributed by atoms with E-state index in [1.165, 1.54) is 43.7 Å². The lowest BCUT2D eigenvalue weighted by Crippen LogP contribution is -2.09. The summed E-state index contributed by atoms with van der Waals surface area (Å²) >= 11 is 0. The Morgan fingerprint density at radius 3 is 2.12 bits per heavy atom. The predicted molar refractivity (Wildman–Crippen MR) is 102 cm³/mol. The molecule has 0 saturated heterocycles. The van der Waals surface area contributed by atoms with Gasteiger partial charge in [-0.1, -0.05) is 60.7 Å². The fourth-order valence-electron chi connectivity index (χ4n) is 4.93. The molecule has 0 fully saturated rings. The van der Waals surface area contributed by atoms with Crippen molar-refractivity contribution in [3.63, 3.8) is 0 Å². The third-order valence-corrected chi connectivity index (χ3v) is 5.96. The molecule has 0 N–H and O–H groups in total. The Labute approximate surface area is 140 Å². The largest absolute Gasteiger partial charge is 0.344 e. The number of nitrogens with zero attached hydrogens (tertiary/aromatic N) is 1. The van der Waals surface area contributed by atoms with E-state index in [1.807, 2.05) is 0 Å². The fraction of sp³-hybridized carbons (Fsp3) is 0.130. The first kappa shape index (κ1) is 12.6. The molecule has 1 aromatic heterocycles. The van der Waals surface area contributed by atoms with Crippen LogP contribution in [0.5, 0.6) is 0 Å². The molecule has 4 aromatic rings. The smallest absolute Gasteiger partial charge is 0.0495 e. The molecule has 24 heavy (non-hydrogen) atoms.